The zero-order valence-electron chi connectivity index (χ0n) is 13.7. The number of nitrogens with one attached hydrogen (secondary N) is 2. The fourth-order valence-corrected chi connectivity index (χ4v) is 3.09. The number of nitrogens with zero attached hydrogens (tertiary/aromatic N) is 2. The van der Waals surface area contributed by atoms with Crippen molar-refractivity contribution >= 4 is 23.3 Å². The Labute approximate surface area is 145 Å². The first-order valence-electron chi connectivity index (χ1n) is 8.54. The molecule has 0 bridgehead atoms. The summed E-state index contributed by atoms with van der Waals surface area (Å²) in [4.78, 5) is 25.5. The van der Waals surface area contributed by atoms with Crippen molar-refractivity contribution in [1.82, 2.24) is 10.2 Å². The van der Waals surface area contributed by atoms with E-state index >= 15 is 0 Å². The van der Waals surface area contributed by atoms with Crippen LogP contribution in [0, 0.1) is 0 Å². The van der Waals surface area contributed by atoms with Gasteiger partial charge in [-0.05, 0) is 30.5 Å². The second-order valence-electron chi connectivity index (χ2n) is 6.67. The second kappa shape index (κ2) is 6.33. The Morgan fingerprint density at radius 1 is 1.28 bits per heavy atom. The molecule has 1 unspecified atom stereocenters. The first-order valence-corrected chi connectivity index (χ1v) is 8.54. The molecular weight excluding hydrogens is 320 g/mol. The molecule has 130 valence electrons. The van der Waals surface area contributed by atoms with Gasteiger partial charge in [0, 0.05) is 36.3 Å². The third kappa shape index (κ3) is 3.41. The number of anilines is 2. The summed E-state index contributed by atoms with van der Waals surface area (Å²) in [7, 11) is 0. The number of aromatic amines is 1. The van der Waals surface area contributed by atoms with Crippen molar-refractivity contribution in [2.45, 2.75) is 37.7 Å². The number of aromatic nitrogens is 2. The highest BCUT2D eigenvalue weighted by molar-refractivity contribution is 5.98. The molecule has 2 aliphatic rings. The smallest absolute Gasteiger partial charge is 0.255 e. The molecule has 2 aromatic rings. The number of amides is 2. The van der Waals surface area contributed by atoms with Gasteiger partial charge in [-0.15, -0.1) is 0 Å². The summed E-state index contributed by atoms with van der Waals surface area (Å²) in [6, 6.07) is 9.15. The van der Waals surface area contributed by atoms with E-state index in [0.29, 0.717) is 24.7 Å². The van der Waals surface area contributed by atoms with Crippen molar-refractivity contribution in [3.05, 3.63) is 41.6 Å². The number of aliphatic hydroxyl groups is 1. The Balaban J connectivity index is 1.35. The first kappa shape index (κ1) is 15.8. The number of carbonyl (C=O) groups excluding carboxylic acids is 2. The number of hydrogen-bond donors (Lipinski definition) is 3. The maximum Gasteiger partial charge on any atom is 0.255 e. The average molecular weight is 340 g/mol. The van der Waals surface area contributed by atoms with Gasteiger partial charge in [-0.1, -0.05) is 12.1 Å². The van der Waals surface area contributed by atoms with Gasteiger partial charge < -0.3 is 15.3 Å². The minimum Gasteiger partial charge on any atom is -0.383 e. The SMILES string of the molecule is O=C(Cc1ccc(N2CCC(O)C2=O)cc1)Nc1cc(C2CC2)[nH]n1. The lowest BCUT2D eigenvalue weighted by atomic mass is 10.1. The molecule has 2 amide bonds. The molecule has 1 saturated carbocycles. The highest BCUT2D eigenvalue weighted by atomic mass is 16.3. The molecule has 2 fully saturated rings. The molecule has 1 aromatic heterocycles. The second-order valence-corrected chi connectivity index (χ2v) is 6.67. The summed E-state index contributed by atoms with van der Waals surface area (Å²) in [5.74, 6) is 0.724. The van der Waals surface area contributed by atoms with Crippen molar-refractivity contribution in [2.75, 3.05) is 16.8 Å². The maximum absolute atomic E-state index is 12.2. The van der Waals surface area contributed by atoms with Gasteiger partial charge in [0.05, 0.1) is 6.42 Å². The van der Waals surface area contributed by atoms with E-state index in [1.807, 2.05) is 18.2 Å². The van der Waals surface area contributed by atoms with Crippen LogP contribution in [0.15, 0.2) is 30.3 Å². The molecule has 2 heterocycles. The molecule has 1 aliphatic heterocycles. The quantitative estimate of drug-likeness (QED) is 0.769. The fraction of sp³-hybridized carbons (Fsp3) is 0.389. The van der Waals surface area contributed by atoms with Gasteiger partial charge in [0.15, 0.2) is 5.82 Å². The zero-order valence-corrected chi connectivity index (χ0v) is 13.7. The number of aliphatic hydroxyl groups excluding tert-OH is 1. The molecule has 1 saturated heterocycles. The van der Waals surface area contributed by atoms with Crippen LogP contribution in [0.25, 0.3) is 0 Å². The molecule has 3 N–H and O–H groups in total. The summed E-state index contributed by atoms with van der Waals surface area (Å²) < 4.78 is 0. The molecule has 7 heteroatoms. The summed E-state index contributed by atoms with van der Waals surface area (Å²) >= 11 is 0. The largest absolute Gasteiger partial charge is 0.383 e. The van der Waals surface area contributed by atoms with Crippen LogP contribution in [0.2, 0.25) is 0 Å². The summed E-state index contributed by atoms with van der Waals surface area (Å²) in [6.45, 7) is 0.516. The van der Waals surface area contributed by atoms with Crippen molar-refractivity contribution in [2.24, 2.45) is 0 Å². The molecule has 25 heavy (non-hydrogen) atoms. The predicted octanol–water partition coefficient (Wildman–Crippen LogP) is 1.57. The van der Waals surface area contributed by atoms with Crippen molar-refractivity contribution in [3.8, 4) is 0 Å². The van der Waals surface area contributed by atoms with E-state index in [1.165, 1.54) is 12.8 Å². The van der Waals surface area contributed by atoms with Crippen molar-refractivity contribution < 1.29 is 14.7 Å². The molecule has 7 nitrogen and oxygen atoms in total. The maximum atomic E-state index is 12.2. The molecule has 4 rings (SSSR count). The van der Waals surface area contributed by atoms with Crippen LogP contribution in [0.3, 0.4) is 0 Å². The van der Waals surface area contributed by atoms with Gasteiger partial charge in [0.2, 0.25) is 5.91 Å². The normalized spacial score (nSPS) is 20.1. The van der Waals surface area contributed by atoms with Gasteiger partial charge in [-0.2, -0.15) is 5.10 Å². The molecular formula is C18H20N4O3. The number of benzene rings is 1. The Morgan fingerprint density at radius 3 is 2.68 bits per heavy atom. The van der Waals surface area contributed by atoms with Crippen molar-refractivity contribution in [1.29, 1.82) is 0 Å². The monoisotopic (exact) mass is 340 g/mol. The van der Waals surface area contributed by atoms with Gasteiger partial charge in [0.1, 0.15) is 6.10 Å². The van der Waals surface area contributed by atoms with Gasteiger partial charge in [0.25, 0.3) is 5.91 Å². The average Bonchev–Trinajstić information content (AvgIpc) is 3.27. The van der Waals surface area contributed by atoms with E-state index in [4.69, 9.17) is 0 Å². The summed E-state index contributed by atoms with van der Waals surface area (Å²) in [5, 5.41) is 19.4. The van der Waals surface area contributed by atoms with Crippen LogP contribution in [0.1, 0.15) is 36.4 Å². The van der Waals surface area contributed by atoms with Gasteiger partial charge in [-0.25, -0.2) is 0 Å². The van der Waals surface area contributed by atoms with E-state index in [1.54, 1.807) is 17.0 Å². The van der Waals surface area contributed by atoms with Crippen LogP contribution in [-0.2, 0) is 16.0 Å². The minimum absolute atomic E-state index is 0.130. The standard InChI is InChI=1S/C18H20N4O3/c23-15-7-8-22(18(15)25)13-5-1-11(2-6-13)9-17(24)19-16-10-14(20-21-16)12-3-4-12/h1-2,5-6,10,12,15,23H,3-4,7-9H2,(H2,19,20,21,24). The predicted molar refractivity (Wildman–Crippen MR) is 92.3 cm³/mol. The van der Waals surface area contributed by atoms with Crippen LogP contribution in [0.4, 0.5) is 11.5 Å². The van der Waals surface area contributed by atoms with E-state index in [-0.39, 0.29) is 18.2 Å². The lowest BCUT2D eigenvalue weighted by Gasteiger charge is -2.16. The lowest BCUT2D eigenvalue weighted by molar-refractivity contribution is -0.124. The Bertz CT molecular complexity index is 795. The highest BCUT2D eigenvalue weighted by Crippen LogP contribution is 2.39. The van der Waals surface area contributed by atoms with Gasteiger partial charge in [-0.3, -0.25) is 14.7 Å². The van der Waals surface area contributed by atoms with Crippen LogP contribution < -0.4 is 10.2 Å². The van der Waals surface area contributed by atoms with E-state index in [2.05, 4.69) is 15.5 Å². The van der Waals surface area contributed by atoms with Crippen molar-refractivity contribution in [3.63, 3.8) is 0 Å². The van der Waals surface area contributed by atoms with E-state index in [9.17, 15) is 14.7 Å². The number of carbonyl (C=O) groups is 2. The van der Waals surface area contributed by atoms with E-state index < -0.39 is 6.10 Å². The zero-order chi connectivity index (χ0) is 17.4. The number of H-pyrrole nitrogens is 1. The molecule has 1 aromatic carbocycles. The summed E-state index contributed by atoms with van der Waals surface area (Å²) in [5.41, 5.74) is 2.68. The summed E-state index contributed by atoms with van der Waals surface area (Å²) in [6.07, 6.45) is 2.15. The van der Waals surface area contributed by atoms with Crippen LogP contribution in [0.5, 0.6) is 0 Å². The molecule has 0 radical (unpaired) electrons. The third-order valence-corrected chi connectivity index (χ3v) is 4.67. The molecule has 1 aliphatic carbocycles. The Kier molecular flexibility index (Phi) is 4.01. The number of rotatable bonds is 5. The lowest BCUT2D eigenvalue weighted by Crippen LogP contribution is -2.29. The van der Waals surface area contributed by atoms with Gasteiger partial charge >= 0.3 is 0 Å². The van der Waals surface area contributed by atoms with Crippen LogP contribution in [-0.4, -0.2) is 39.8 Å². The topological polar surface area (TPSA) is 98.3 Å². The molecule has 1 atom stereocenters. The van der Waals surface area contributed by atoms with Crippen LogP contribution >= 0.6 is 0 Å². The number of hydrogen-bond acceptors (Lipinski definition) is 4. The first-order chi connectivity index (χ1) is 12.1. The van der Waals surface area contributed by atoms with E-state index in [0.717, 1.165) is 16.9 Å². The highest BCUT2D eigenvalue weighted by Gasteiger charge is 2.30. The Morgan fingerprint density at radius 2 is 2.04 bits per heavy atom. The Hall–Kier alpha value is -2.67. The molecule has 0 spiro atoms. The third-order valence-electron chi connectivity index (χ3n) is 4.67. The fourth-order valence-electron chi connectivity index (χ4n) is 3.09. The minimum atomic E-state index is -0.903.